The normalized spacial score (nSPS) is 28.0. The number of nitrogens with one attached hydrogen (secondary N) is 5. The Labute approximate surface area is 486 Å². The predicted octanol–water partition coefficient (Wildman–Crippen LogP) is 1.06. The maximum Gasteiger partial charge on any atom is 0.252 e. The maximum absolute atomic E-state index is 13.0. The van der Waals surface area contributed by atoms with E-state index in [1.165, 1.54) is 6.08 Å². The first-order chi connectivity index (χ1) is 40.7. The van der Waals surface area contributed by atoms with Crippen LogP contribution in [0.15, 0.2) is 139 Å². The van der Waals surface area contributed by atoms with Crippen molar-refractivity contribution in [3.05, 3.63) is 189 Å². The first-order valence-corrected chi connectivity index (χ1v) is 27.8. The molecule has 0 aromatic heterocycles. The highest BCUT2D eigenvalue weighted by molar-refractivity contribution is 6.27. The molecule has 12 rings (SSSR count). The summed E-state index contributed by atoms with van der Waals surface area (Å²) in [6.07, 6.45) is -10.6. The van der Waals surface area contributed by atoms with E-state index in [9.17, 15) is 79.1 Å². The number of amides is 2. The van der Waals surface area contributed by atoms with Crippen LogP contribution in [-0.2, 0) is 11.2 Å². The first-order valence-electron chi connectivity index (χ1n) is 27.8. The zero-order chi connectivity index (χ0) is 60.7. The lowest BCUT2D eigenvalue weighted by Crippen LogP contribution is -2.67. The number of hydrogen-bond donors (Lipinski definition) is 14. The SMILES string of the molecule is C[C@@H]1N/C(=C\C(=O)Cc2cccc3c2C(=O)c2ccccc2-3)[C@@H](O)[C@H](O)[C@@H]1O.C[C@@H]1N[C@H](CNC(=O)c2cccc3c2C(=O)c2ccccc2-3)[C@@H](O)[C@H](O)[C@@H]1O.O=C(NC[C@@H]1N[C@@H](CF)[C@@H](O)[C@@H](O)[C@@H]1O)c1cccc2c1C(=O)c1ccccc1-2. The first kappa shape index (κ1) is 60.1. The van der Waals surface area contributed by atoms with Crippen LogP contribution >= 0.6 is 0 Å². The number of ketones is 4. The molecule has 20 nitrogen and oxygen atoms in total. The van der Waals surface area contributed by atoms with Gasteiger partial charge in [0.15, 0.2) is 23.1 Å². The molecule has 6 aliphatic rings. The molecule has 6 aromatic rings. The van der Waals surface area contributed by atoms with Gasteiger partial charge in [-0.2, -0.15) is 0 Å². The fourth-order valence-electron chi connectivity index (χ4n) is 12.0. The van der Waals surface area contributed by atoms with Crippen molar-refractivity contribution in [1.82, 2.24) is 26.6 Å². The third-order valence-electron chi connectivity index (χ3n) is 16.6. The number of alkyl halides is 1. The topological polar surface area (TPSA) is 345 Å². The molecular formula is C64H64FN5O15. The predicted molar refractivity (Wildman–Crippen MR) is 307 cm³/mol. The van der Waals surface area contributed by atoms with E-state index in [1.54, 1.807) is 80.6 Å². The highest BCUT2D eigenvalue weighted by atomic mass is 19.1. The van der Waals surface area contributed by atoms with Gasteiger partial charge in [-0.25, -0.2) is 4.39 Å². The van der Waals surface area contributed by atoms with E-state index in [2.05, 4.69) is 26.6 Å². The zero-order valence-electron chi connectivity index (χ0n) is 46.0. The summed E-state index contributed by atoms with van der Waals surface area (Å²) in [6, 6.07) is 33.9. The van der Waals surface area contributed by atoms with Crippen LogP contribution in [0.4, 0.5) is 4.39 Å². The van der Waals surface area contributed by atoms with E-state index in [1.807, 2.05) is 60.7 Å². The van der Waals surface area contributed by atoms with Crippen molar-refractivity contribution in [1.29, 1.82) is 0 Å². The van der Waals surface area contributed by atoms with Gasteiger partial charge >= 0.3 is 0 Å². The van der Waals surface area contributed by atoms with Gasteiger partial charge in [0.25, 0.3) is 11.8 Å². The maximum atomic E-state index is 13.0. The molecule has 0 bridgehead atoms. The number of halogens is 1. The molecule has 3 aliphatic carbocycles. The average molecular weight is 1160 g/mol. The van der Waals surface area contributed by atoms with Crippen molar-refractivity contribution < 1.29 is 79.1 Å². The number of rotatable bonds is 10. The minimum absolute atomic E-state index is 0.00612. The lowest BCUT2D eigenvalue weighted by molar-refractivity contribution is -0.115. The summed E-state index contributed by atoms with van der Waals surface area (Å²) < 4.78 is 13.0. The Morgan fingerprint density at radius 2 is 0.835 bits per heavy atom. The Balaban J connectivity index is 0.000000142. The van der Waals surface area contributed by atoms with E-state index in [4.69, 9.17) is 0 Å². The second-order valence-corrected chi connectivity index (χ2v) is 22.0. The molecule has 0 unspecified atom stereocenters. The molecule has 3 saturated heterocycles. The Morgan fingerprint density at radius 3 is 1.32 bits per heavy atom. The van der Waals surface area contributed by atoms with E-state index in [-0.39, 0.29) is 59.5 Å². The summed E-state index contributed by atoms with van der Waals surface area (Å²) in [5.41, 5.74) is 8.94. The molecule has 3 heterocycles. The smallest absolute Gasteiger partial charge is 0.252 e. The average Bonchev–Trinajstić information content (AvgIpc) is 2.11. The molecule has 2 amide bonds. The summed E-state index contributed by atoms with van der Waals surface area (Å²) >= 11 is 0. The van der Waals surface area contributed by atoms with Crippen LogP contribution in [0.25, 0.3) is 33.4 Å². The Bertz CT molecular complexity index is 3650. The van der Waals surface area contributed by atoms with Crippen LogP contribution in [-0.4, -0.2) is 186 Å². The number of aliphatic hydroxyl groups is 9. The Hall–Kier alpha value is -8.03. The number of carbonyl (C=O) groups excluding carboxylic acids is 6. The van der Waals surface area contributed by atoms with Gasteiger partial charge in [-0.05, 0) is 64.9 Å². The van der Waals surface area contributed by atoms with Gasteiger partial charge in [0.05, 0.1) is 53.6 Å². The standard InChI is InChI=1S/C22H21NO5.C21H21FN2O5.C21H22N2O5/c1-11-19(25)22(28)21(27)17(23-11)10-13(24)9-12-5-4-8-15-14-6-2-3-7-16(14)20(26)18(12)15;22-8-14-18(26)20(28)19(27)15(24-14)9-23-21(29)13-7-3-6-11-10-4-1-2-5-12(10)17(25)16(11)13;1-10-17(24)20(27)19(26)15(23-10)9-22-21(28)14-8-4-7-12-11-5-2-3-6-13(11)18(25)16(12)14/h2-8,10-11,19,21-23,25,27-28H,9H2,1H3;1-7,14-15,18-20,24,26-28H,8-9H2,(H,23,29);2-8,10,15,17,19-20,23-24,26-27H,9H2,1H3,(H,22,28)/b17-10-;;/t11-,19+,21+,22+;14-,15-,18+,19+,20+;10-,15+,17+,19+,20+/m000/s1. The lowest BCUT2D eigenvalue weighted by Gasteiger charge is -2.40. The molecule has 0 saturated carbocycles. The molecule has 3 fully saturated rings. The van der Waals surface area contributed by atoms with Crippen LogP contribution in [0.3, 0.4) is 0 Å². The highest BCUT2D eigenvalue weighted by Crippen LogP contribution is 2.41. The number of benzene rings is 6. The minimum Gasteiger partial charge on any atom is -0.389 e. The summed E-state index contributed by atoms with van der Waals surface area (Å²) in [6.45, 7) is 2.32. The van der Waals surface area contributed by atoms with Crippen molar-refractivity contribution in [2.24, 2.45) is 0 Å². The second kappa shape index (κ2) is 24.9. The van der Waals surface area contributed by atoms with Crippen LogP contribution in [0, 0.1) is 0 Å². The lowest BCUT2D eigenvalue weighted by atomic mass is 9.90. The summed E-state index contributed by atoms with van der Waals surface area (Å²) in [5.74, 6) is -1.76. The molecule has 442 valence electrons. The number of carbonyl (C=O) groups is 6. The number of allylic oxidation sites excluding steroid dienone is 1. The minimum atomic E-state index is -1.53. The molecule has 3 aliphatic heterocycles. The number of hydrogen-bond acceptors (Lipinski definition) is 18. The van der Waals surface area contributed by atoms with Gasteiger partial charge in [0.1, 0.15) is 43.3 Å². The molecule has 14 N–H and O–H groups in total. The van der Waals surface area contributed by atoms with Gasteiger partial charge in [0, 0.05) is 70.7 Å². The van der Waals surface area contributed by atoms with Crippen molar-refractivity contribution in [3.63, 3.8) is 0 Å². The van der Waals surface area contributed by atoms with Crippen molar-refractivity contribution in [3.8, 4) is 33.4 Å². The molecular weight excluding hydrogens is 1100 g/mol. The van der Waals surface area contributed by atoms with Crippen molar-refractivity contribution in [2.45, 2.75) is 105 Å². The third-order valence-corrected chi connectivity index (χ3v) is 16.6. The Morgan fingerprint density at radius 1 is 0.447 bits per heavy atom. The summed E-state index contributed by atoms with van der Waals surface area (Å²) in [4.78, 5) is 76.6. The number of aliphatic hydroxyl groups excluding tert-OH is 9. The fraction of sp³-hybridized carbons (Fsp3) is 0.312. The van der Waals surface area contributed by atoms with Crippen LogP contribution in [0.2, 0.25) is 0 Å². The molecule has 6 aromatic carbocycles. The largest absolute Gasteiger partial charge is 0.389 e. The highest BCUT2D eigenvalue weighted by Gasteiger charge is 2.44. The molecule has 0 spiro atoms. The number of piperidine rings is 3. The molecule has 14 atom stereocenters. The zero-order valence-corrected chi connectivity index (χ0v) is 46.0. The van der Waals surface area contributed by atoms with E-state index in [0.717, 1.165) is 27.8 Å². The van der Waals surface area contributed by atoms with Gasteiger partial charge < -0.3 is 72.5 Å². The molecule has 85 heavy (non-hydrogen) atoms. The van der Waals surface area contributed by atoms with Crippen LogP contribution < -0.4 is 26.6 Å². The van der Waals surface area contributed by atoms with Crippen LogP contribution in [0.5, 0.6) is 0 Å². The van der Waals surface area contributed by atoms with Gasteiger partial charge in [0.2, 0.25) is 0 Å². The third kappa shape index (κ3) is 11.4. The van der Waals surface area contributed by atoms with Crippen molar-refractivity contribution in [2.75, 3.05) is 19.8 Å². The number of fused-ring (bicyclic) bond motifs is 9. The summed E-state index contributed by atoms with van der Waals surface area (Å²) in [7, 11) is 0. The molecule has 21 heteroatoms. The Kier molecular flexibility index (Phi) is 17.6. The monoisotopic (exact) mass is 1160 g/mol. The summed E-state index contributed by atoms with van der Waals surface area (Å²) in [5, 5.41) is 103. The second-order valence-electron chi connectivity index (χ2n) is 22.0. The van der Waals surface area contributed by atoms with E-state index < -0.39 is 104 Å². The van der Waals surface area contributed by atoms with Gasteiger partial charge in [-0.1, -0.05) is 115 Å². The van der Waals surface area contributed by atoms with Gasteiger partial charge in [-0.3, -0.25) is 28.8 Å². The van der Waals surface area contributed by atoms with Crippen LogP contribution in [0.1, 0.15) is 87.9 Å². The van der Waals surface area contributed by atoms with E-state index in [0.29, 0.717) is 44.5 Å². The quantitative estimate of drug-likeness (QED) is 0.0852. The van der Waals surface area contributed by atoms with Gasteiger partial charge in [-0.15, -0.1) is 0 Å². The molecule has 0 radical (unpaired) electrons. The van der Waals surface area contributed by atoms with Crippen molar-refractivity contribution >= 4 is 34.9 Å². The fourth-order valence-corrected chi connectivity index (χ4v) is 12.0. The van der Waals surface area contributed by atoms with E-state index >= 15 is 0 Å².